The molecule has 1 N–H and O–H groups in total. The molecule has 1 heterocycles. The van der Waals surface area contributed by atoms with Crippen LogP contribution < -0.4 is 0 Å². The van der Waals surface area contributed by atoms with Crippen molar-refractivity contribution in [2.24, 2.45) is 11.8 Å². The third-order valence-electron chi connectivity index (χ3n) is 3.73. The quantitative estimate of drug-likeness (QED) is 0.805. The molecule has 2 aliphatic rings. The van der Waals surface area contributed by atoms with E-state index in [0.717, 1.165) is 12.8 Å². The second-order valence-electron chi connectivity index (χ2n) is 5.59. The first-order valence-electron chi connectivity index (χ1n) is 6.83. The van der Waals surface area contributed by atoms with Gasteiger partial charge in [0.15, 0.2) is 0 Å². The Morgan fingerprint density at radius 2 is 2.21 bits per heavy atom. The minimum atomic E-state index is -0.883. The molecule has 1 fully saturated rings. The number of carbonyl (C=O) groups excluding carboxylic acids is 1. The van der Waals surface area contributed by atoms with Crippen LogP contribution in [0.3, 0.4) is 0 Å². The number of carbonyl (C=O) groups is 2. The predicted molar refractivity (Wildman–Crippen MR) is 75.8 cm³/mol. The lowest BCUT2D eigenvalue weighted by molar-refractivity contribution is -0.149. The normalized spacial score (nSPS) is 30.3. The molecule has 3 unspecified atom stereocenters. The molecular weight excluding hydrogens is 262 g/mol. The Hall–Kier alpha value is -0.970. The zero-order chi connectivity index (χ0) is 14.0. The van der Waals surface area contributed by atoms with Gasteiger partial charge in [0.2, 0.25) is 5.91 Å². The molecule has 1 aliphatic heterocycles. The number of thioether (sulfide) groups is 1. The topological polar surface area (TPSA) is 57.6 Å². The lowest BCUT2D eigenvalue weighted by atomic mass is 10.0. The summed E-state index contributed by atoms with van der Waals surface area (Å²) in [6.07, 6.45) is 6.68. The average molecular weight is 283 g/mol. The Balaban J connectivity index is 2.08. The van der Waals surface area contributed by atoms with Crippen molar-refractivity contribution >= 4 is 23.6 Å². The van der Waals surface area contributed by atoms with Crippen molar-refractivity contribution < 1.29 is 14.7 Å². The highest BCUT2D eigenvalue weighted by Crippen LogP contribution is 2.35. The average Bonchev–Trinajstić information content (AvgIpc) is 2.95. The monoisotopic (exact) mass is 283 g/mol. The maximum absolute atomic E-state index is 12.4. The van der Waals surface area contributed by atoms with Crippen molar-refractivity contribution in [1.82, 2.24) is 4.90 Å². The molecule has 106 valence electrons. The number of carboxylic acids is 1. The van der Waals surface area contributed by atoms with Gasteiger partial charge >= 0.3 is 5.97 Å². The summed E-state index contributed by atoms with van der Waals surface area (Å²) in [7, 11) is 0. The van der Waals surface area contributed by atoms with Gasteiger partial charge in [-0.1, -0.05) is 26.0 Å². The highest BCUT2D eigenvalue weighted by atomic mass is 32.2. The summed E-state index contributed by atoms with van der Waals surface area (Å²) in [5.41, 5.74) is 0. The largest absolute Gasteiger partial charge is 0.480 e. The van der Waals surface area contributed by atoms with Crippen LogP contribution in [-0.2, 0) is 9.59 Å². The van der Waals surface area contributed by atoms with Crippen LogP contribution in [0.4, 0.5) is 0 Å². The van der Waals surface area contributed by atoms with E-state index in [0.29, 0.717) is 18.1 Å². The minimum absolute atomic E-state index is 0.000942. The number of hydrogen-bond acceptors (Lipinski definition) is 3. The van der Waals surface area contributed by atoms with E-state index in [2.05, 4.69) is 12.2 Å². The molecular formula is C14H21NO3S. The van der Waals surface area contributed by atoms with Crippen LogP contribution in [0.1, 0.15) is 33.1 Å². The Morgan fingerprint density at radius 3 is 2.74 bits per heavy atom. The van der Waals surface area contributed by atoms with Crippen LogP contribution in [0.15, 0.2) is 12.2 Å². The number of aliphatic carboxylic acids is 1. The fourth-order valence-electron chi connectivity index (χ4n) is 2.74. The Morgan fingerprint density at radius 1 is 1.47 bits per heavy atom. The van der Waals surface area contributed by atoms with Crippen molar-refractivity contribution in [2.45, 2.75) is 44.5 Å². The molecule has 0 aromatic rings. The van der Waals surface area contributed by atoms with Gasteiger partial charge < -0.3 is 10.0 Å². The van der Waals surface area contributed by atoms with E-state index in [9.17, 15) is 14.7 Å². The summed E-state index contributed by atoms with van der Waals surface area (Å²) in [5.74, 6) is 0.182. The third kappa shape index (κ3) is 3.14. The fourth-order valence-corrected chi connectivity index (χ4v) is 4.23. The lowest BCUT2D eigenvalue weighted by Crippen LogP contribution is -2.47. The van der Waals surface area contributed by atoms with Gasteiger partial charge in [-0.2, -0.15) is 0 Å². The van der Waals surface area contributed by atoms with Gasteiger partial charge in [-0.05, 0) is 24.7 Å². The van der Waals surface area contributed by atoms with E-state index in [4.69, 9.17) is 0 Å². The molecule has 19 heavy (non-hydrogen) atoms. The van der Waals surface area contributed by atoms with Crippen LogP contribution in [-0.4, -0.2) is 39.1 Å². The van der Waals surface area contributed by atoms with Crippen molar-refractivity contribution in [1.29, 1.82) is 0 Å². The Labute approximate surface area is 118 Å². The van der Waals surface area contributed by atoms with Gasteiger partial charge in [-0.25, -0.2) is 4.79 Å². The zero-order valence-electron chi connectivity index (χ0n) is 11.4. The predicted octanol–water partition coefficient (Wildman–Crippen LogP) is 2.35. The van der Waals surface area contributed by atoms with Crippen LogP contribution in [0, 0.1) is 11.8 Å². The molecule has 4 nitrogen and oxygen atoms in total. The molecule has 0 bridgehead atoms. The van der Waals surface area contributed by atoms with Crippen molar-refractivity contribution in [3.8, 4) is 0 Å². The number of nitrogens with zero attached hydrogens (tertiary/aromatic N) is 1. The molecule has 0 saturated carbocycles. The molecule has 1 aliphatic carbocycles. The van der Waals surface area contributed by atoms with Crippen LogP contribution in [0.2, 0.25) is 0 Å². The van der Waals surface area contributed by atoms with E-state index < -0.39 is 12.0 Å². The first-order valence-corrected chi connectivity index (χ1v) is 7.87. The third-order valence-corrected chi connectivity index (χ3v) is 5.35. The van der Waals surface area contributed by atoms with Crippen molar-refractivity contribution in [3.63, 3.8) is 0 Å². The van der Waals surface area contributed by atoms with Gasteiger partial charge in [0, 0.05) is 12.2 Å². The molecule has 0 aromatic carbocycles. The first kappa shape index (κ1) is 14.4. The van der Waals surface area contributed by atoms with Crippen LogP contribution >= 0.6 is 11.8 Å². The molecule has 3 atom stereocenters. The van der Waals surface area contributed by atoms with E-state index in [-0.39, 0.29) is 17.2 Å². The van der Waals surface area contributed by atoms with Crippen LogP contribution in [0.5, 0.6) is 0 Å². The Kier molecular flexibility index (Phi) is 4.55. The number of carboxylic acid groups (broad SMARTS) is 1. The lowest BCUT2D eigenvalue weighted by Gasteiger charge is -2.30. The summed E-state index contributed by atoms with van der Waals surface area (Å²) >= 11 is 1.59. The second-order valence-corrected chi connectivity index (χ2v) is 6.74. The molecule has 0 radical (unpaired) electrons. The van der Waals surface area contributed by atoms with Crippen molar-refractivity contribution in [2.75, 3.05) is 5.75 Å². The number of allylic oxidation sites excluding steroid dienone is 2. The molecule has 5 heteroatoms. The van der Waals surface area contributed by atoms with Gasteiger partial charge in [0.05, 0.1) is 5.37 Å². The van der Waals surface area contributed by atoms with E-state index in [1.165, 1.54) is 0 Å². The van der Waals surface area contributed by atoms with E-state index >= 15 is 0 Å². The molecule has 2 rings (SSSR count). The minimum Gasteiger partial charge on any atom is -0.480 e. The number of hydrogen-bond donors (Lipinski definition) is 1. The fraction of sp³-hybridized carbons (Fsp3) is 0.714. The van der Waals surface area contributed by atoms with Gasteiger partial charge in [0.25, 0.3) is 0 Å². The summed E-state index contributed by atoms with van der Waals surface area (Å²) in [6.45, 7) is 4.08. The smallest absolute Gasteiger partial charge is 0.327 e. The molecule has 0 spiro atoms. The highest BCUT2D eigenvalue weighted by molar-refractivity contribution is 8.00. The number of amides is 1. The SMILES string of the molecule is CC(C)C1SCC(C(=O)O)N1C(=O)CC1C=CCC1. The first-order chi connectivity index (χ1) is 9.00. The molecule has 1 amide bonds. The second kappa shape index (κ2) is 5.99. The summed E-state index contributed by atoms with van der Waals surface area (Å²) < 4.78 is 0. The summed E-state index contributed by atoms with van der Waals surface area (Å²) in [6, 6.07) is -0.657. The maximum atomic E-state index is 12.4. The zero-order valence-corrected chi connectivity index (χ0v) is 12.2. The van der Waals surface area contributed by atoms with Gasteiger partial charge in [-0.15, -0.1) is 11.8 Å². The van der Waals surface area contributed by atoms with Crippen LogP contribution in [0.25, 0.3) is 0 Å². The standard InChI is InChI=1S/C14H21NO3S/c1-9(2)13-15(11(8-19-13)14(17)18)12(16)7-10-5-3-4-6-10/h3,5,9-11,13H,4,6-8H2,1-2H3,(H,17,18). The summed E-state index contributed by atoms with van der Waals surface area (Å²) in [4.78, 5) is 25.4. The van der Waals surface area contributed by atoms with Crippen molar-refractivity contribution in [3.05, 3.63) is 12.2 Å². The van der Waals surface area contributed by atoms with Gasteiger partial charge in [-0.3, -0.25) is 4.79 Å². The maximum Gasteiger partial charge on any atom is 0.327 e. The number of rotatable bonds is 4. The molecule has 1 saturated heterocycles. The summed E-state index contributed by atoms with van der Waals surface area (Å²) in [5, 5.41) is 9.27. The Bertz CT molecular complexity index is 394. The van der Waals surface area contributed by atoms with Gasteiger partial charge in [0.1, 0.15) is 6.04 Å². The molecule has 0 aromatic heterocycles. The van der Waals surface area contributed by atoms with E-state index in [1.807, 2.05) is 13.8 Å². The highest BCUT2D eigenvalue weighted by Gasteiger charge is 2.42. The van der Waals surface area contributed by atoms with E-state index in [1.54, 1.807) is 16.7 Å².